The molecular weight excluding hydrogens is 440 g/mol. The molecular formula is C24H24N4O6. The third-order valence-corrected chi connectivity index (χ3v) is 6.75. The fraction of sp³-hybridized carbons (Fsp3) is 0.458. The minimum Gasteiger partial charge on any atom is -0.447 e. The molecule has 3 saturated heterocycles. The van der Waals surface area contributed by atoms with Crippen LogP contribution in [0.15, 0.2) is 18.2 Å². The monoisotopic (exact) mass is 464 g/mol. The predicted molar refractivity (Wildman–Crippen MR) is 117 cm³/mol. The number of urea groups is 1. The Morgan fingerprint density at radius 2 is 1.85 bits per heavy atom. The summed E-state index contributed by atoms with van der Waals surface area (Å²) in [5, 5.41) is 2.31. The van der Waals surface area contributed by atoms with E-state index in [-0.39, 0.29) is 49.9 Å². The number of likely N-dealkylation sites (tertiary alicyclic amines) is 1. The van der Waals surface area contributed by atoms with Crippen LogP contribution in [0, 0.1) is 17.8 Å². The van der Waals surface area contributed by atoms with Crippen LogP contribution in [0.1, 0.15) is 47.2 Å². The maximum absolute atomic E-state index is 13.0. The van der Waals surface area contributed by atoms with E-state index in [1.165, 1.54) is 4.90 Å². The van der Waals surface area contributed by atoms with Gasteiger partial charge in [0.05, 0.1) is 6.54 Å². The van der Waals surface area contributed by atoms with Crippen molar-refractivity contribution in [2.75, 3.05) is 26.2 Å². The van der Waals surface area contributed by atoms with Crippen LogP contribution in [0.2, 0.25) is 0 Å². The SMILES string of the molecule is O=C1CCC(N2Cc3c(C#CC4CCN(C(=O)N5CCOC5=O)CC4)cccc3C2=O)C(=O)N1. The summed E-state index contributed by atoms with van der Waals surface area (Å²) in [5.41, 5.74) is 2.08. The van der Waals surface area contributed by atoms with Crippen molar-refractivity contribution >= 4 is 29.8 Å². The lowest BCUT2D eigenvalue weighted by molar-refractivity contribution is -0.136. The number of hydrogen-bond donors (Lipinski definition) is 1. The Bertz CT molecular complexity index is 1140. The molecule has 1 N–H and O–H groups in total. The van der Waals surface area contributed by atoms with E-state index in [0.29, 0.717) is 37.9 Å². The molecule has 0 spiro atoms. The number of hydrogen-bond acceptors (Lipinski definition) is 6. The molecule has 176 valence electrons. The zero-order valence-electron chi connectivity index (χ0n) is 18.5. The van der Waals surface area contributed by atoms with E-state index < -0.39 is 18.0 Å². The normalized spacial score (nSPS) is 22.8. The Balaban J connectivity index is 1.24. The molecule has 4 aliphatic heterocycles. The minimum atomic E-state index is -0.659. The number of imide groups is 2. The maximum Gasteiger partial charge on any atom is 0.418 e. The lowest BCUT2D eigenvalue weighted by Gasteiger charge is -2.31. The van der Waals surface area contributed by atoms with E-state index in [2.05, 4.69) is 17.2 Å². The van der Waals surface area contributed by atoms with Crippen LogP contribution in [-0.4, -0.2) is 76.8 Å². The quantitative estimate of drug-likeness (QED) is 0.491. The van der Waals surface area contributed by atoms with Gasteiger partial charge in [-0.05, 0) is 37.0 Å². The Labute approximate surface area is 196 Å². The second-order valence-electron chi connectivity index (χ2n) is 8.81. The average Bonchev–Trinajstić information content (AvgIpc) is 3.41. The molecule has 1 unspecified atom stereocenters. The van der Waals surface area contributed by atoms with Crippen molar-refractivity contribution < 1.29 is 28.7 Å². The number of carbonyl (C=O) groups is 5. The molecule has 1 aromatic rings. The van der Waals surface area contributed by atoms with Crippen LogP contribution in [0.3, 0.4) is 0 Å². The van der Waals surface area contributed by atoms with E-state index in [4.69, 9.17) is 4.74 Å². The van der Waals surface area contributed by atoms with Crippen molar-refractivity contribution in [3.63, 3.8) is 0 Å². The van der Waals surface area contributed by atoms with Gasteiger partial charge in [-0.1, -0.05) is 17.9 Å². The zero-order chi connectivity index (χ0) is 23.8. The highest BCUT2D eigenvalue weighted by molar-refractivity contribution is 6.05. The fourth-order valence-electron chi connectivity index (χ4n) is 4.84. The van der Waals surface area contributed by atoms with Crippen molar-refractivity contribution in [2.24, 2.45) is 5.92 Å². The lowest BCUT2D eigenvalue weighted by Crippen LogP contribution is -2.52. The van der Waals surface area contributed by atoms with Gasteiger partial charge in [0.1, 0.15) is 12.6 Å². The first-order chi connectivity index (χ1) is 16.4. The summed E-state index contributed by atoms with van der Waals surface area (Å²) in [5.74, 6) is 5.61. The summed E-state index contributed by atoms with van der Waals surface area (Å²) in [6, 6.07) is 4.41. The van der Waals surface area contributed by atoms with Gasteiger partial charge in [-0.25, -0.2) is 14.5 Å². The highest BCUT2D eigenvalue weighted by atomic mass is 16.6. The minimum absolute atomic E-state index is 0.0915. The lowest BCUT2D eigenvalue weighted by atomic mass is 9.96. The highest BCUT2D eigenvalue weighted by Gasteiger charge is 2.39. The Kier molecular flexibility index (Phi) is 5.69. The summed E-state index contributed by atoms with van der Waals surface area (Å²) in [6.45, 7) is 1.82. The third kappa shape index (κ3) is 3.98. The molecule has 10 nitrogen and oxygen atoms in total. The molecule has 1 aromatic carbocycles. The molecule has 0 saturated carbocycles. The van der Waals surface area contributed by atoms with Crippen LogP contribution in [0.5, 0.6) is 0 Å². The summed E-state index contributed by atoms with van der Waals surface area (Å²) < 4.78 is 4.84. The number of nitrogens with zero attached hydrogens (tertiary/aromatic N) is 3. The second kappa shape index (κ2) is 8.82. The van der Waals surface area contributed by atoms with Crippen molar-refractivity contribution in [1.29, 1.82) is 0 Å². The number of nitrogens with one attached hydrogen (secondary N) is 1. The van der Waals surface area contributed by atoms with Gasteiger partial charge >= 0.3 is 12.1 Å². The summed E-state index contributed by atoms with van der Waals surface area (Å²) in [4.78, 5) is 65.1. The number of benzene rings is 1. The Hall–Kier alpha value is -3.87. The number of amides is 6. The number of ether oxygens (including phenoxy) is 1. The molecule has 0 aliphatic carbocycles. The van der Waals surface area contributed by atoms with Crippen molar-refractivity contribution in [2.45, 2.75) is 38.3 Å². The van der Waals surface area contributed by atoms with Crippen LogP contribution in [-0.2, 0) is 20.9 Å². The molecule has 5 rings (SSSR count). The molecule has 6 amide bonds. The number of cyclic esters (lactones) is 1. The number of piperidine rings is 2. The summed E-state index contributed by atoms with van der Waals surface area (Å²) in [7, 11) is 0. The number of carbonyl (C=O) groups excluding carboxylic acids is 5. The Morgan fingerprint density at radius 3 is 2.56 bits per heavy atom. The first-order valence-electron chi connectivity index (χ1n) is 11.4. The van der Waals surface area contributed by atoms with Crippen LogP contribution >= 0.6 is 0 Å². The molecule has 10 heteroatoms. The fourth-order valence-corrected chi connectivity index (χ4v) is 4.84. The largest absolute Gasteiger partial charge is 0.447 e. The first-order valence-corrected chi connectivity index (χ1v) is 11.4. The first kappa shape index (κ1) is 21.9. The number of fused-ring (bicyclic) bond motifs is 1. The van der Waals surface area contributed by atoms with Gasteiger partial charge in [0.15, 0.2) is 0 Å². The molecule has 4 aliphatic rings. The van der Waals surface area contributed by atoms with E-state index in [1.807, 2.05) is 6.07 Å². The molecule has 34 heavy (non-hydrogen) atoms. The Morgan fingerprint density at radius 1 is 1.06 bits per heavy atom. The molecule has 1 atom stereocenters. The van der Waals surface area contributed by atoms with E-state index >= 15 is 0 Å². The molecule has 0 aromatic heterocycles. The van der Waals surface area contributed by atoms with Gasteiger partial charge < -0.3 is 14.5 Å². The number of rotatable bonds is 1. The van der Waals surface area contributed by atoms with Crippen LogP contribution in [0.25, 0.3) is 0 Å². The van der Waals surface area contributed by atoms with Gasteiger partial charge in [0.25, 0.3) is 5.91 Å². The molecule has 0 radical (unpaired) electrons. The zero-order valence-corrected chi connectivity index (χ0v) is 18.5. The smallest absolute Gasteiger partial charge is 0.418 e. The van der Waals surface area contributed by atoms with Gasteiger partial charge in [-0.2, -0.15) is 0 Å². The summed E-state index contributed by atoms with van der Waals surface area (Å²) >= 11 is 0. The van der Waals surface area contributed by atoms with Gasteiger partial charge in [0, 0.05) is 43.1 Å². The third-order valence-electron chi connectivity index (χ3n) is 6.75. The van der Waals surface area contributed by atoms with Crippen molar-refractivity contribution in [3.05, 3.63) is 34.9 Å². The molecule has 3 fully saturated rings. The van der Waals surface area contributed by atoms with Gasteiger partial charge in [-0.15, -0.1) is 0 Å². The summed E-state index contributed by atoms with van der Waals surface area (Å²) in [6.07, 6.45) is 1.32. The van der Waals surface area contributed by atoms with Crippen LogP contribution < -0.4 is 5.32 Å². The average molecular weight is 464 g/mol. The van der Waals surface area contributed by atoms with E-state index in [0.717, 1.165) is 16.0 Å². The van der Waals surface area contributed by atoms with E-state index in [1.54, 1.807) is 17.0 Å². The standard InChI is InChI=1S/C24H24N4O6/c29-20-7-6-19(21(30)25-20)28-14-18-16(2-1-3-17(18)22(28)31)5-4-15-8-10-26(11-9-15)23(32)27-12-13-34-24(27)33/h1-3,15,19H,6-14H2,(H,25,29,30). The van der Waals surface area contributed by atoms with Crippen molar-refractivity contribution in [1.82, 2.24) is 20.0 Å². The highest BCUT2D eigenvalue weighted by Crippen LogP contribution is 2.29. The van der Waals surface area contributed by atoms with Gasteiger partial charge in [-0.3, -0.25) is 19.7 Å². The molecule has 0 bridgehead atoms. The van der Waals surface area contributed by atoms with Crippen LogP contribution in [0.4, 0.5) is 9.59 Å². The second-order valence-corrected chi connectivity index (χ2v) is 8.81. The maximum atomic E-state index is 13.0. The molecule has 4 heterocycles. The van der Waals surface area contributed by atoms with Gasteiger partial charge in [0.2, 0.25) is 11.8 Å². The predicted octanol–water partition coefficient (Wildman–Crippen LogP) is 1.08. The topological polar surface area (TPSA) is 116 Å². The van der Waals surface area contributed by atoms with Crippen molar-refractivity contribution in [3.8, 4) is 11.8 Å². The van der Waals surface area contributed by atoms with E-state index in [9.17, 15) is 24.0 Å².